The number of carbonyl (C=O) groups is 3. The lowest BCUT2D eigenvalue weighted by Gasteiger charge is -2.28. The van der Waals surface area contributed by atoms with Crippen LogP contribution in [0.4, 0.5) is 5.69 Å². The minimum absolute atomic E-state index is 0.116. The van der Waals surface area contributed by atoms with Crippen molar-refractivity contribution in [2.75, 3.05) is 4.90 Å². The number of anilines is 1. The van der Waals surface area contributed by atoms with Crippen LogP contribution in [0, 0.1) is 23.7 Å². The summed E-state index contributed by atoms with van der Waals surface area (Å²) < 4.78 is 5.35. The van der Waals surface area contributed by atoms with Crippen molar-refractivity contribution in [2.24, 2.45) is 23.7 Å². The summed E-state index contributed by atoms with van der Waals surface area (Å²) in [5, 5.41) is 1.81. The fourth-order valence-corrected chi connectivity index (χ4v) is 7.29. The molecule has 1 saturated heterocycles. The van der Waals surface area contributed by atoms with Crippen molar-refractivity contribution in [2.45, 2.75) is 16.1 Å². The molecule has 0 radical (unpaired) electrons. The summed E-state index contributed by atoms with van der Waals surface area (Å²) in [4.78, 5) is 40.4. The van der Waals surface area contributed by atoms with Gasteiger partial charge in [-0.05, 0) is 54.0 Å². The number of fused-ring (bicyclic) bond motifs is 5. The second-order valence-corrected chi connectivity index (χ2v) is 10.4. The molecule has 2 aliphatic carbocycles. The molecule has 2 aromatic rings. The predicted octanol–water partition coefficient (Wildman–Crippen LogP) is 4.25. The minimum Gasteiger partial charge on any atom is -0.422 e. The second kappa shape index (κ2) is 6.78. The van der Waals surface area contributed by atoms with Crippen LogP contribution in [-0.4, -0.2) is 27.4 Å². The van der Waals surface area contributed by atoms with Crippen molar-refractivity contribution >= 4 is 66.7 Å². The molecule has 144 valence electrons. The van der Waals surface area contributed by atoms with Crippen LogP contribution in [0.25, 0.3) is 0 Å². The molecule has 1 aromatic heterocycles. The van der Waals surface area contributed by atoms with Gasteiger partial charge < -0.3 is 4.74 Å². The summed E-state index contributed by atoms with van der Waals surface area (Å²) in [7, 11) is 0. The summed E-state index contributed by atoms with van der Waals surface area (Å²) in [6, 6.07) is 10.0. The molecule has 2 bridgehead atoms. The van der Waals surface area contributed by atoms with E-state index >= 15 is 0 Å². The first-order chi connectivity index (χ1) is 13.5. The highest BCUT2D eigenvalue weighted by atomic mass is 79.9. The highest BCUT2D eigenvalue weighted by molar-refractivity contribution is 9.12. The van der Waals surface area contributed by atoms with Crippen LogP contribution in [-0.2, 0) is 9.59 Å². The fourth-order valence-electron chi connectivity index (χ4n) is 4.82. The van der Waals surface area contributed by atoms with E-state index in [-0.39, 0.29) is 45.1 Å². The number of alkyl halides is 2. The van der Waals surface area contributed by atoms with Crippen LogP contribution < -0.4 is 9.64 Å². The van der Waals surface area contributed by atoms with Crippen LogP contribution in [0.5, 0.6) is 5.75 Å². The van der Waals surface area contributed by atoms with E-state index in [4.69, 9.17) is 4.74 Å². The van der Waals surface area contributed by atoms with E-state index in [0.717, 1.165) is 6.42 Å². The molecule has 1 aromatic carbocycles. The Hall–Kier alpha value is -1.51. The van der Waals surface area contributed by atoms with Gasteiger partial charge in [0.15, 0.2) is 0 Å². The molecule has 3 aliphatic rings. The molecule has 0 N–H and O–H groups in total. The molecule has 2 saturated carbocycles. The first kappa shape index (κ1) is 18.5. The summed E-state index contributed by atoms with van der Waals surface area (Å²) in [5.74, 6) is -0.390. The maximum Gasteiger partial charge on any atom is 0.353 e. The molecule has 3 fully saturated rings. The molecule has 1 aliphatic heterocycles. The van der Waals surface area contributed by atoms with E-state index in [1.807, 2.05) is 5.38 Å². The number of ether oxygens (including phenoxy) is 1. The first-order valence-corrected chi connectivity index (χ1v) is 11.7. The summed E-state index contributed by atoms with van der Waals surface area (Å²) >= 11 is 8.70. The largest absolute Gasteiger partial charge is 0.422 e. The Kier molecular flexibility index (Phi) is 4.48. The average Bonchev–Trinajstić information content (AvgIpc) is 3.44. The monoisotopic (exact) mass is 523 g/mol. The number of amides is 2. The third-order valence-corrected chi connectivity index (χ3v) is 10.1. The normalized spacial score (nSPS) is 33.4. The number of carbonyl (C=O) groups excluding carboxylic acids is 3. The SMILES string of the molecule is O=C(Oc1ccc(N2C(=O)[C@@H]3[C@H]4C[C@@H]([C@H](Br)[C@@H]4Br)[C@@H]3C2=O)cc1)c1cccs1. The van der Waals surface area contributed by atoms with Gasteiger partial charge in [-0.1, -0.05) is 37.9 Å². The number of esters is 1. The summed E-state index contributed by atoms with van der Waals surface area (Å²) in [6.07, 6.45) is 0.907. The second-order valence-electron chi connectivity index (χ2n) is 7.38. The first-order valence-electron chi connectivity index (χ1n) is 8.99. The maximum absolute atomic E-state index is 13.0. The molecule has 5 rings (SSSR count). The van der Waals surface area contributed by atoms with Gasteiger partial charge in [0.05, 0.1) is 17.5 Å². The topological polar surface area (TPSA) is 63.7 Å². The zero-order valence-corrected chi connectivity index (χ0v) is 18.4. The van der Waals surface area contributed by atoms with Gasteiger partial charge >= 0.3 is 5.97 Å². The van der Waals surface area contributed by atoms with E-state index in [2.05, 4.69) is 31.9 Å². The fraction of sp³-hybridized carbons (Fsp3) is 0.350. The molecular weight excluding hydrogens is 510 g/mol. The number of rotatable bonds is 3. The van der Waals surface area contributed by atoms with Gasteiger partial charge in [-0.3, -0.25) is 14.5 Å². The molecule has 6 atom stereocenters. The Morgan fingerprint density at radius 2 is 1.61 bits per heavy atom. The van der Waals surface area contributed by atoms with Crippen molar-refractivity contribution in [3.05, 3.63) is 46.7 Å². The maximum atomic E-state index is 13.0. The van der Waals surface area contributed by atoms with E-state index in [9.17, 15) is 14.4 Å². The average molecular weight is 525 g/mol. The quantitative estimate of drug-likeness (QED) is 0.260. The Bertz CT molecular complexity index is 929. The van der Waals surface area contributed by atoms with Crippen molar-refractivity contribution in [1.29, 1.82) is 0 Å². The Balaban J connectivity index is 1.36. The van der Waals surface area contributed by atoms with E-state index < -0.39 is 5.97 Å². The third kappa shape index (κ3) is 2.64. The van der Waals surface area contributed by atoms with Crippen LogP contribution in [0.2, 0.25) is 0 Å². The predicted molar refractivity (Wildman–Crippen MR) is 112 cm³/mol. The Labute approximate surface area is 182 Å². The van der Waals surface area contributed by atoms with Gasteiger partial charge in [0.25, 0.3) is 0 Å². The lowest BCUT2D eigenvalue weighted by atomic mass is 9.81. The highest BCUT2D eigenvalue weighted by Gasteiger charge is 2.66. The smallest absolute Gasteiger partial charge is 0.353 e. The zero-order chi connectivity index (χ0) is 19.6. The van der Waals surface area contributed by atoms with Gasteiger partial charge in [-0.2, -0.15) is 0 Å². The molecule has 2 heterocycles. The van der Waals surface area contributed by atoms with Gasteiger partial charge in [0.1, 0.15) is 10.6 Å². The number of benzene rings is 1. The standard InChI is InChI=1S/C20H15Br2NO4S/c21-16-11-8-12(17(16)22)15-14(11)18(24)23(19(15)25)9-3-5-10(6-4-9)27-20(26)13-2-1-7-28-13/h1-7,11-12,14-17H,8H2/t11-,12-,14-,15+,16-,17+/m1/s1. The summed E-state index contributed by atoms with van der Waals surface area (Å²) in [5.41, 5.74) is 0.525. The van der Waals surface area contributed by atoms with E-state index in [1.165, 1.54) is 16.2 Å². The van der Waals surface area contributed by atoms with Gasteiger partial charge in [0, 0.05) is 9.65 Å². The number of thiophene rings is 1. The van der Waals surface area contributed by atoms with Gasteiger partial charge in [-0.25, -0.2) is 4.79 Å². The zero-order valence-electron chi connectivity index (χ0n) is 14.5. The van der Waals surface area contributed by atoms with Crippen LogP contribution in [0.1, 0.15) is 16.1 Å². The number of nitrogens with zero attached hydrogens (tertiary/aromatic N) is 1. The number of hydrogen-bond acceptors (Lipinski definition) is 5. The van der Waals surface area contributed by atoms with E-state index in [1.54, 1.807) is 36.4 Å². The van der Waals surface area contributed by atoms with Gasteiger partial charge in [0.2, 0.25) is 11.8 Å². The molecule has 5 nitrogen and oxygen atoms in total. The highest BCUT2D eigenvalue weighted by Crippen LogP contribution is 2.60. The number of halogens is 2. The molecule has 0 spiro atoms. The van der Waals surface area contributed by atoms with Crippen molar-refractivity contribution in [1.82, 2.24) is 0 Å². The lowest BCUT2D eigenvalue weighted by molar-refractivity contribution is -0.123. The lowest BCUT2D eigenvalue weighted by Crippen LogP contribution is -2.37. The van der Waals surface area contributed by atoms with Crippen LogP contribution >= 0.6 is 43.2 Å². The summed E-state index contributed by atoms with van der Waals surface area (Å²) in [6.45, 7) is 0. The van der Waals surface area contributed by atoms with Crippen LogP contribution in [0.15, 0.2) is 41.8 Å². The number of imide groups is 1. The van der Waals surface area contributed by atoms with E-state index in [0.29, 0.717) is 16.3 Å². The van der Waals surface area contributed by atoms with Crippen molar-refractivity contribution < 1.29 is 19.1 Å². The van der Waals surface area contributed by atoms with Crippen molar-refractivity contribution in [3.8, 4) is 5.75 Å². The molecule has 0 unspecified atom stereocenters. The Morgan fingerprint density at radius 3 is 2.14 bits per heavy atom. The molecule has 28 heavy (non-hydrogen) atoms. The van der Waals surface area contributed by atoms with Gasteiger partial charge in [-0.15, -0.1) is 11.3 Å². The molecule has 8 heteroatoms. The minimum atomic E-state index is -0.422. The number of hydrogen-bond donors (Lipinski definition) is 0. The van der Waals surface area contributed by atoms with Crippen LogP contribution in [0.3, 0.4) is 0 Å². The Morgan fingerprint density at radius 1 is 1.00 bits per heavy atom. The van der Waals surface area contributed by atoms with Crippen molar-refractivity contribution in [3.63, 3.8) is 0 Å². The molecular formula is C20H15Br2NO4S. The molecule has 2 amide bonds. The third-order valence-electron chi connectivity index (χ3n) is 6.01.